The van der Waals surface area contributed by atoms with Crippen molar-refractivity contribution in [3.63, 3.8) is 0 Å². The van der Waals surface area contributed by atoms with Gasteiger partial charge in [-0.2, -0.15) is 0 Å². The van der Waals surface area contributed by atoms with Gasteiger partial charge in [0.2, 0.25) is 0 Å². The maximum Gasteiger partial charge on any atom is 0.153 e. The first-order chi connectivity index (χ1) is 9.63. The molecule has 20 heavy (non-hydrogen) atoms. The lowest BCUT2D eigenvalue weighted by molar-refractivity contribution is 0.111. The second-order valence-corrected chi connectivity index (χ2v) is 4.47. The Morgan fingerprint density at radius 2 is 2.05 bits per heavy atom. The topological polar surface area (TPSA) is 35.5 Å². The predicted octanol–water partition coefficient (Wildman–Crippen LogP) is 3.88. The summed E-state index contributed by atoms with van der Waals surface area (Å²) in [5.74, 6) is 0.527. The van der Waals surface area contributed by atoms with Crippen LogP contribution >= 0.6 is 11.6 Å². The molecule has 2 aromatic rings. The monoisotopic (exact) mass is 294 g/mol. The van der Waals surface area contributed by atoms with E-state index in [9.17, 15) is 9.18 Å². The van der Waals surface area contributed by atoms with Gasteiger partial charge in [-0.1, -0.05) is 17.7 Å². The molecule has 0 saturated heterocycles. The molecule has 0 radical (unpaired) electrons. The number of aldehydes is 1. The van der Waals surface area contributed by atoms with Crippen LogP contribution in [0.1, 0.15) is 15.9 Å². The minimum atomic E-state index is -0.478. The molecule has 5 heteroatoms. The van der Waals surface area contributed by atoms with Gasteiger partial charge in [-0.3, -0.25) is 4.79 Å². The van der Waals surface area contributed by atoms with Crippen molar-refractivity contribution in [3.05, 3.63) is 58.4 Å². The minimum Gasteiger partial charge on any atom is -0.497 e. The van der Waals surface area contributed by atoms with Gasteiger partial charge < -0.3 is 9.47 Å². The quantitative estimate of drug-likeness (QED) is 0.785. The van der Waals surface area contributed by atoms with Crippen LogP contribution in [-0.2, 0) is 6.61 Å². The Labute approximate surface area is 120 Å². The smallest absolute Gasteiger partial charge is 0.153 e. The number of carbonyl (C=O) groups is 1. The number of hydrogen-bond donors (Lipinski definition) is 0. The number of hydrogen-bond acceptors (Lipinski definition) is 3. The van der Waals surface area contributed by atoms with E-state index in [0.29, 0.717) is 28.9 Å². The Hall–Kier alpha value is -2.07. The first-order valence-corrected chi connectivity index (χ1v) is 6.22. The van der Waals surface area contributed by atoms with Crippen LogP contribution in [0.4, 0.5) is 4.39 Å². The third kappa shape index (κ3) is 3.27. The van der Waals surface area contributed by atoms with Crippen molar-refractivity contribution in [2.24, 2.45) is 0 Å². The van der Waals surface area contributed by atoms with Crippen LogP contribution in [0, 0.1) is 5.82 Å². The van der Waals surface area contributed by atoms with Crippen molar-refractivity contribution >= 4 is 17.9 Å². The molecule has 104 valence electrons. The molecule has 0 aliphatic heterocycles. The standard InChI is InChI=1S/C15H12ClFO3/c1-19-12-3-5-15(11(7-12)8-18)20-9-10-2-4-14(17)13(16)6-10/h2-8H,9H2,1H3. The molecule has 0 saturated carbocycles. The van der Waals surface area contributed by atoms with Crippen LogP contribution in [0.25, 0.3) is 0 Å². The molecule has 0 amide bonds. The van der Waals surface area contributed by atoms with E-state index < -0.39 is 5.82 Å². The van der Waals surface area contributed by atoms with Crippen molar-refractivity contribution in [3.8, 4) is 11.5 Å². The second kappa shape index (κ2) is 6.39. The zero-order valence-corrected chi connectivity index (χ0v) is 11.5. The number of carbonyl (C=O) groups excluding carboxylic acids is 1. The summed E-state index contributed by atoms with van der Waals surface area (Å²) in [5, 5.41) is 0.0384. The summed E-state index contributed by atoms with van der Waals surface area (Å²) >= 11 is 5.69. The lowest BCUT2D eigenvalue weighted by Gasteiger charge is -2.10. The van der Waals surface area contributed by atoms with E-state index in [1.54, 1.807) is 24.3 Å². The van der Waals surface area contributed by atoms with E-state index in [0.717, 1.165) is 0 Å². The number of methoxy groups -OCH3 is 1. The Bertz CT molecular complexity index is 629. The Balaban J connectivity index is 2.14. The fraction of sp³-hybridized carbons (Fsp3) is 0.133. The van der Waals surface area contributed by atoms with Gasteiger partial charge in [0.15, 0.2) is 6.29 Å². The van der Waals surface area contributed by atoms with Gasteiger partial charge >= 0.3 is 0 Å². The molecule has 0 unspecified atom stereocenters. The molecule has 0 aliphatic rings. The SMILES string of the molecule is COc1ccc(OCc2ccc(F)c(Cl)c2)c(C=O)c1. The van der Waals surface area contributed by atoms with E-state index in [-0.39, 0.29) is 11.6 Å². The molecule has 0 aromatic heterocycles. The van der Waals surface area contributed by atoms with Gasteiger partial charge in [-0.15, -0.1) is 0 Å². The summed E-state index contributed by atoms with van der Waals surface area (Å²) in [7, 11) is 1.52. The lowest BCUT2D eigenvalue weighted by Crippen LogP contribution is -1.99. The molecule has 2 aromatic carbocycles. The zero-order valence-electron chi connectivity index (χ0n) is 10.7. The van der Waals surface area contributed by atoms with E-state index in [1.165, 1.54) is 19.2 Å². The molecule has 0 spiro atoms. The highest BCUT2D eigenvalue weighted by Crippen LogP contribution is 2.24. The normalized spacial score (nSPS) is 10.2. The molecule has 0 aliphatic carbocycles. The number of benzene rings is 2. The van der Waals surface area contributed by atoms with Gasteiger partial charge in [-0.05, 0) is 35.9 Å². The van der Waals surface area contributed by atoms with E-state index in [1.807, 2.05) is 0 Å². The highest BCUT2D eigenvalue weighted by atomic mass is 35.5. The summed E-state index contributed by atoms with van der Waals surface area (Å²) < 4.78 is 23.6. The van der Waals surface area contributed by atoms with Crippen LogP contribution in [0.2, 0.25) is 5.02 Å². The van der Waals surface area contributed by atoms with Gasteiger partial charge in [0.25, 0.3) is 0 Å². The van der Waals surface area contributed by atoms with Crippen molar-refractivity contribution in [2.45, 2.75) is 6.61 Å². The van der Waals surface area contributed by atoms with Gasteiger partial charge in [0, 0.05) is 0 Å². The highest BCUT2D eigenvalue weighted by Gasteiger charge is 2.06. The maximum atomic E-state index is 13.0. The maximum absolute atomic E-state index is 13.0. The summed E-state index contributed by atoms with van der Waals surface area (Å²) in [4.78, 5) is 11.0. The summed E-state index contributed by atoms with van der Waals surface area (Å²) in [5.41, 5.74) is 1.10. The minimum absolute atomic E-state index is 0.0384. The Morgan fingerprint density at radius 1 is 1.25 bits per heavy atom. The van der Waals surface area contributed by atoms with Crippen molar-refractivity contribution < 1.29 is 18.7 Å². The molecular formula is C15H12ClFO3. The van der Waals surface area contributed by atoms with Gasteiger partial charge in [0.05, 0.1) is 17.7 Å². The molecule has 0 heterocycles. The zero-order chi connectivity index (χ0) is 14.5. The largest absolute Gasteiger partial charge is 0.497 e. The average molecular weight is 295 g/mol. The lowest BCUT2D eigenvalue weighted by atomic mass is 10.2. The number of rotatable bonds is 5. The number of halogens is 2. The third-order valence-corrected chi connectivity index (χ3v) is 3.01. The molecule has 0 fully saturated rings. The molecule has 0 bridgehead atoms. The fourth-order valence-electron chi connectivity index (χ4n) is 1.67. The Kier molecular flexibility index (Phi) is 4.58. The van der Waals surface area contributed by atoms with Crippen LogP contribution in [-0.4, -0.2) is 13.4 Å². The fourth-order valence-corrected chi connectivity index (χ4v) is 1.87. The predicted molar refractivity (Wildman–Crippen MR) is 74.1 cm³/mol. The molecular weight excluding hydrogens is 283 g/mol. The van der Waals surface area contributed by atoms with Crippen LogP contribution in [0.15, 0.2) is 36.4 Å². The van der Waals surface area contributed by atoms with Crippen molar-refractivity contribution in [1.29, 1.82) is 0 Å². The third-order valence-electron chi connectivity index (χ3n) is 2.72. The van der Waals surface area contributed by atoms with Gasteiger partial charge in [0.1, 0.15) is 23.9 Å². The van der Waals surface area contributed by atoms with Crippen molar-refractivity contribution in [2.75, 3.05) is 7.11 Å². The van der Waals surface area contributed by atoms with Gasteiger partial charge in [-0.25, -0.2) is 4.39 Å². The Morgan fingerprint density at radius 3 is 2.70 bits per heavy atom. The summed E-state index contributed by atoms with van der Waals surface area (Å²) in [6, 6.07) is 9.26. The van der Waals surface area contributed by atoms with Crippen molar-refractivity contribution in [1.82, 2.24) is 0 Å². The first-order valence-electron chi connectivity index (χ1n) is 5.84. The summed E-state index contributed by atoms with van der Waals surface area (Å²) in [6.45, 7) is 0.188. The van der Waals surface area contributed by atoms with Crippen LogP contribution < -0.4 is 9.47 Å². The molecule has 0 N–H and O–H groups in total. The van der Waals surface area contributed by atoms with Crippen LogP contribution in [0.3, 0.4) is 0 Å². The van der Waals surface area contributed by atoms with E-state index in [2.05, 4.69) is 0 Å². The highest BCUT2D eigenvalue weighted by molar-refractivity contribution is 6.30. The first kappa shape index (κ1) is 14.3. The molecule has 2 rings (SSSR count). The van der Waals surface area contributed by atoms with E-state index in [4.69, 9.17) is 21.1 Å². The number of ether oxygens (including phenoxy) is 2. The average Bonchev–Trinajstić information content (AvgIpc) is 2.48. The molecule has 3 nitrogen and oxygen atoms in total. The molecule has 0 atom stereocenters. The van der Waals surface area contributed by atoms with E-state index >= 15 is 0 Å². The summed E-state index contributed by atoms with van der Waals surface area (Å²) in [6.07, 6.45) is 0.690. The second-order valence-electron chi connectivity index (χ2n) is 4.06. The van der Waals surface area contributed by atoms with Crippen LogP contribution in [0.5, 0.6) is 11.5 Å².